The van der Waals surface area contributed by atoms with Gasteiger partial charge < -0.3 is 0 Å². The van der Waals surface area contributed by atoms with Crippen molar-refractivity contribution >= 4 is 4.30 Å². The van der Waals surface area contributed by atoms with Gasteiger partial charge in [0, 0.05) is 0 Å². The van der Waals surface area contributed by atoms with Crippen molar-refractivity contribution in [2.75, 3.05) is 0 Å². The fourth-order valence-corrected chi connectivity index (χ4v) is 3.08. The molecule has 0 bridgehead atoms. The number of carbonyl (C=O) groups excluding carboxylic acids is 1. The maximum atomic E-state index is 11.7. The Morgan fingerprint density at radius 1 is 1.00 bits per heavy atom. The summed E-state index contributed by atoms with van der Waals surface area (Å²) in [5, 5.41) is 0. The second-order valence-electron chi connectivity index (χ2n) is 2.70. The molecule has 0 aliphatic rings. The average Bonchev–Trinajstić information content (AvgIpc) is 2.72. The molecule has 73 valence electrons. The molecule has 0 unspecified atom stereocenters. The molecular formula is C11H9IrNO. The van der Waals surface area contributed by atoms with E-state index in [2.05, 4.69) is 0 Å². The van der Waals surface area contributed by atoms with Crippen molar-refractivity contribution in [3.05, 3.63) is 60.4 Å². The molecule has 0 atom stereocenters. The third-order valence-electron chi connectivity index (χ3n) is 1.70. The van der Waals surface area contributed by atoms with E-state index in [0.717, 1.165) is 5.56 Å². The molecule has 2 nitrogen and oxygen atoms in total. The third kappa shape index (κ3) is 2.19. The Balaban J connectivity index is 2.11. The second-order valence-corrected chi connectivity index (χ2v) is 5.56. The Hall–Kier alpha value is -1.18. The molecule has 3 heteroatoms. The molecule has 0 fully saturated rings. The first-order chi connectivity index (χ1) is 6.86. The van der Waals surface area contributed by atoms with Crippen molar-refractivity contribution < 1.29 is 22.7 Å². The van der Waals surface area contributed by atoms with Crippen molar-refractivity contribution in [1.82, 2.24) is 3.24 Å². The summed E-state index contributed by atoms with van der Waals surface area (Å²) in [6, 6.07) is 13.4. The van der Waals surface area contributed by atoms with Gasteiger partial charge in [0.15, 0.2) is 0 Å². The van der Waals surface area contributed by atoms with E-state index >= 15 is 0 Å². The molecule has 2 rings (SSSR count). The summed E-state index contributed by atoms with van der Waals surface area (Å²) < 4.78 is 2.26. The van der Waals surface area contributed by atoms with Crippen molar-refractivity contribution in [2.45, 2.75) is 0 Å². The first-order valence-electron chi connectivity index (χ1n) is 4.20. The number of hydrogen-bond acceptors (Lipinski definition) is 1. The van der Waals surface area contributed by atoms with Crippen LogP contribution in [0.2, 0.25) is 0 Å². The van der Waals surface area contributed by atoms with Crippen LogP contribution in [0.5, 0.6) is 0 Å². The van der Waals surface area contributed by atoms with Crippen LogP contribution >= 0.6 is 0 Å². The molecule has 0 spiro atoms. The third-order valence-corrected chi connectivity index (χ3v) is 4.21. The van der Waals surface area contributed by atoms with Gasteiger partial charge in [0.1, 0.15) is 0 Å². The molecule has 0 amide bonds. The molecule has 0 saturated carbocycles. The number of hydrogen-bond donors (Lipinski definition) is 0. The second kappa shape index (κ2) is 4.36. The topological polar surface area (TPSA) is 22.0 Å². The van der Waals surface area contributed by atoms with Crippen LogP contribution in [0.1, 0.15) is 10.4 Å². The van der Waals surface area contributed by atoms with Gasteiger partial charge in [0.2, 0.25) is 0 Å². The van der Waals surface area contributed by atoms with Gasteiger partial charge >= 0.3 is 90.7 Å². The van der Waals surface area contributed by atoms with E-state index < -0.39 is 17.9 Å². The minimum atomic E-state index is -0.737. The standard InChI is InChI=1S/C7H5O.C4H4N.Ir/c8-6-7-4-2-1-3-5-7;1-2-4-5-3-1;/h1-5H;1-4H;/q;-1;+1. The fourth-order valence-electron chi connectivity index (χ4n) is 1.04. The van der Waals surface area contributed by atoms with Crippen LogP contribution in [0, 0.1) is 0 Å². The predicted octanol–water partition coefficient (Wildman–Crippen LogP) is 2.17. The van der Waals surface area contributed by atoms with E-state index in [-0.39, 0.29) is 4.30 Å². The van der Waals surface area contributed by atoms with Crippen LogP contribution in [0.3, 0.4) is 0 Å². The number of benzene rings is 1. The molecule has 0 aliphatic heterocycles. The van der Waals surface area contributed by atoms with Crippen molar-refractivity contribution in [2.24, 2.45) is 0 Å². The molecule has 0 radical (unpaired) electrons. The van der Waals surface area contributed by atoms with Crippen LogP contribution in [-0.4, -0.2) is 7.53 Å². The number of carbonyl (C=O) groups is 1. The Bertz CT molecular complexity index is 408. The number of aromatic nitrogens is 1. The van der Waals surface area contributed by atoms with Gasteiger partial charge in [-0.3, -0.25) is 0 Å². The first kappa shape index (κ1) is 9.38. The molecule has 14 heavy (non-hydrogen) atoms. The molecular weight excluding hydrogens is 354 g/mol. The quantitative estimate of drug-likeness (QED) is 0.819. The normalized spacial score (nSPS) is 10.3. The van der Waals surface area contributed by atoms with Crippen molar-refractivity contribution in [3.8, 4) is 0 Å². The zero-order valence-electron chi connectivity index (χ0n) is 7.38. The molecule has 0 N–H and O–H groups in total. The molecule has 1 aromatic heterocycles. The van der Waals surface area contributed by atoms with Crippen molar-refractivity contribution in [1.29, 1.82) is 0 Å². The Morgan fingerprint density at radius 3 is 2.29 bits per heavy atom. The van der Waals surface area contributed by atoms with E-state index in [9.17, 15) is 4.79 Å². The maximum absolute atomic E-state index is 11.7. The van der Waals surface area contributed by atoms with Gasteiger partial charge in [0.05, 0.1) is 0 Å². The predicted molar refractivity (Wildman–Crippen MR) is 50.6 cm³/mol. The fraction of sp³-hybridized carbons (Fsp3) is 0. The van der Waals surface area contributed by atoms with E-state index in [0.29, 0.717) is 0 Å². The molecule has 1 aromatic carbocycles. The summed E-state index contributed by atoms with van der Waals surface area (Å²) in [5.41, 5.74) is 0.821. The van der Waals surface area contributed by atoms with Gasteiger partial charge in [-0.05, 0) is 0 Å². The van der Waals surface area contributed by atoms with E-state index in [1.807, 2.05) is 58.1 Å². The van der Waals surface area contributed by atoms with Gasteiger partial charge in [-0.15, -0.1) is 0 Å². The zero-order chi connectivity index (χ0) is 9.80. The Morgan fingerprint density at radius 2 is 1.64 bits per heavy atom. The Kier molecular flexibility index (Phi) is 2.92. The van der Waals surface area contributed by atoms with Crippen molar-refractivity contribution in [3.63, 3.8) is 0 Å². The summed E-state index contributed by atoms with van der Waals surface area (Å²) in [4.78, 5) is 11.7. The van der Waals surface area contributed by atoms with E-state index in [1.54, 1.807) is 0 Å². The molecule has 0 aliphatic carbocycles. The van der Waals surface area contributed by atoms with E-state index in [4.69, 9.17) is 0 Å². The van der Waals surface area contributed by atoms with E-state index in [1.165, 1.54) is 0 Å². The number of rotatable bonds is 3. The molecule has 2 aromatic rings. The summed E-state index contributed by atoms with van der Waals surface area (Å²) in [6.07, 6.45) is 3.89. The average molecular weight is 363 g/mol. The SMILES string of the molecule is O=[C]([Ir][n]1cccc1)c1ccccc1. The Labute approximate surface area is 90.8 Å². The van der Waals surface area contributed by atoms with Gasteiger partial charge in [-0.2, -0.15) is 0 Å². The summed E-state index contributed by atoms with van der Waals surface area (Å²) in [7, 11) is 0. The summed E-state index contributed by atoms with van der Waals surface area (Å²) in [5.74, 6) is 0. The van der Waals surface area contributed by atoms with Gasteiger partial charge in [-0.1, -0.05) is 0 Å². The summed E-state index contributed by atoms with van der Waals surface area (Å²) in [6.45, 7) is 0. The van der Waals surface area contributed by atoms with Crippen LogP contribution in [0.4, 0.5) is 0 Å². The van der Waals surface area contributed by atoms with Crippen LogP contribution in [0.25, 0.3) is 0 Å². The van der Waals surface area contributed by atoms with Gasteiger partial charge in [-0.25, -0.2) is 0 Å². The molecule has 1 heterocycles. The monoisotopic (exact) mass is 364 g/mol. The molecule has 0 saturated heterocycles. The van der Waals surface area contributed by atoms with Crippen LogP contribution in [0.15, 0.2) is 54.9 Å². The van der Waals surface area contributed by atoms with Crippen LogP contribution in [-0.2, 0) is 17.9 Å². The van der Waals surface area contributed by atoms with Gasteiger partial charge in [0.25, 0.3) is 0 Å². The zero-order valence-corrected chi connectivity index (χ0v) is 9.78. The summed E-state index contributed by atoms with van der Waals surface area (Å²) >= 11 is -0.737. The minimum absolute atomic E-state index is 0.266. The van der Waals surface area contributed by atoms with Crippen LogP contribution < -0.4 is 0 Å². The first-order valence-corrected chi connectivity index (χ1v) is 6.47. The number of nitrogens with zero attached hydrogens (tertiary/aromatic N) is 1.